The molecule has 0 saturated carbocycles. The molecule has 0 spiro atoms. The van der Waals surface area contributed by atoms with Crippen LogP contribution in [0.5, 0.6) is 0 Å². The molecular weight excluding hydrogens is 386 g/mol. The van der Waals surface area contributed by atoms with Crippen molar-refractivity contribution in [3.05, 3.63) is 65.2 Å². The maximum atomic E-state index is 12.2. The largest absolute Gasteiger partial charge is 0.339 e. The summed E-state index contributed by atoms with van der Waals surface area (Å²) in [5.41, 5.74) is 14.6. The smallest absolute Gasteiger partial charge is 0.267 e. The maximum absolute atomic E-state index is 12.2. The number of rotatable bonds is 7. The van der Waals surface area contributed by atoms with E-state index in [-0.39, 0.29) is 18.9 Å². The fourth-order valence-electron chi connectivity index (χ4n) is 2.39. The molecule has 0 fully saturated rings. The number of anilines is 1. The zero-order chi connectivity index (χ0) is 21.9. The maximum Gasteiger partial charge on any atom is 0.267 e. The van der Waals surface area contributed by atoms with Gasteiger partial charge in [-0.25, -0.2) is 5.48 Å². The number of carbonyl (C=O) groups excluding carboxylic acids is 3. The van der Waals surface area contributed by atoms with Gasteiger partial charge in [-0.1, -0.05) is 11.8 Å². The van der Waals surface area contributed by atoms with Crippen molar-refractivity contribution < 1.29 is 19.6 Å². The van der Waals surface area contributed by atoms with Gasteiger partial charge in [0.05, 0.1) is 0 Å². The fraction of sp³-hybridized carbons (Fsp3) is 0.190. The highest BCUT2D eigenvalue weighted by Gasteiger charge is 2.19. The molecule has 0 bridgehead atoms. The van der Waals surface area contributed by atoms with Gasteiger partial charge in [0.15, 0.2) is 0 Å². The predicted octanol–water partition coefficient (Wildman–Crippen LogP) is -0.0638. The van der Waals surface area contributed by atoms with Crippen LogP contribution in [-0.4, -0.2) is 42.1 Å². The Morgan fingerprint density at radius 1 is 0.933 bits per heavy atom. The minimum absolute atomic E-state index is 0.143. The minimum atomic E-state index is -1.04. The molecular formula is C21H23N5O4. The lowest BCUT2D eigenvalue weighted by Crippen LogP contribution is -2.50. The Hall–Kier alpha value is -3.71. The highest BCUT2D eigenvalue weighted by Crippen LogP contribution is 2.10. The molecule has 9 nitrogen and oxygen atoms in total. The molecule has 0 aliphatic rings. The fourth-order valence-corrected chi connectivity index (χ4v) is 2.39. The van der Waals surface area contributed by atoms with E-state index in [1.165, 1.54) is 5.48 Å². The Balaban J connectivity index is 1.99. The van der Waals surface area contributed by atoms with E-state index in [9.17, 15) is 14.4 Å². The summed E-state index contributed by atoms with van der Waals surface area (Å²) in [6.07, 6.45) is 0.261. The van der Waals surface area contributed by atoms with Gasteiger partial charge < -0.3 is 22.1 Å². The van der Waals surface area contributed by atoms with Crippen LogP contribution in [0, 0.1) is 11.8 Å². The van der Waals surface area contributed by atoms with Gasteiger partial charge in [0.1, 0.15) is 6.04 Å². The van der Waals surface area contributed by atoms with Gasteiger partial charge in [0.25, 0.3) is 11.8 Å². The molecule has 0 aliphatic heterocycles. The van der Waals surface area contributed by atoms with Crippen LogP contribution in [0.1, 0.15) is 27.9 Å². The molecule has 9 heteroatoms. The van der Waals surface area contributed by atoms with Crippen molar-refractivity contribution in [1.82, 2.24) is 10.8 Å². The van der Waals surface area contributed by atoms with Crippen LogP contribution in [0.2, 0.25) is 0 Å². The zero-order valence-electron chi connectivity index (χ0n) is 16.1. The minimum Gasteiger partial charge on any atom is -0.339 e. The van der Waals surface area contributed by atoms with Gasteiger partial charge in [-0.15, -0.1) is 0 Å². The molecule has 0 heterocycles. The van der Waals surface area contributed by atoms with E-state index in [2.05, 4.69) is 22.5 Å². The molecule has 0 radical (unpaired) electrons. The van der Waals surface area contributed by atoms with Crippen LogP contribution in [0.15, 0.2) is 48.5 Å². The molecule has 0 aromatic heterocycles. The first-order chi connectivity index (χ1) is 14.5. The van der Waals surface area contributed by atoms with Crippen molar-refractivity contribution in [2.75, 3.05) is 18.4 Å². The summed E-state index contributed by atoms with van der Waals surface area (Å²) >= 11 is 0. The topological polar surface area (TPSA) is 160 Å². The molecule has 8 N–H and O–H groups in total. The lowest BCUT2D eigenvalue weighted by molar-refractivity contribution is -0.130. The highest BCUT2D eigenvalue weighted by molar-refractivity contribution is 5.97. The van der Waals surface area contributed by atoms with Crippen molar-refractivity contribution in [1.29, 1.82) is 0 Å². The number of benzene rings is 2. The molecule has 3 amide bonds. The summed E-state index contributed by atoms with van der Waals surface area (Å²) < 4.78 is 0. The Morgan fingerprint density at radius 3 is 2.00 bits per heavy atom. The van der Waals surface area contributed by atoms with Crippen LogP contribution < -0.4 is 27.6 Å². The second kappa shape index (κ2) is 11.3. The quantitative estimate of drug-likeness (QED) is 0.213. The van der Waals surface area contributed by atoms with E-state index in [1.807, 2.05) is 0 Å². The second-order valence-corrected chi connectivity index (χ2v) is 6.23. The van der Waals surface area contributed by atoms with Crippen LogP contribution in [0.3, 0.4) is 0 Å². The Morgan fingerprint density at radius 2 is 1.50 bits per heavy atom. The van der Waals surface area contributed by atoms with Crippen molar-refractivity contribution in [2.24, 2.45) is 11.5 Å². The van der Waals surface area contributed by atoms with E-state index in [4.69, 9.17) is 16.7 Å². The summed E-state index contributed by atoms with van der Waals surface area (Å²) in [7, 11) is 0. The number of amides is 3. The Labute approximate surface area is 173 Å². The average molecular weight is 409 g/mol. The van der Waals surface area contributed by atoms with Gasteiger partial charge in [-0.2, -0.15) is 0 Å². The number of hydroxylamine groups is 1. The third-order valence-electron chi connectivity index (χ3n) is 4.01. The standard InChI is InChI=1S/C21H23N5O4/c22-12-11-19(27)24-17-9-5-15(6-10-17)2-1-14-3-7-16(8-4-14)20(28)25-18(13-23)21(29)26-30/h3-10,18,30H,11-13,22-23H2,(H,24,27)(H,25,28)(H,26,29)/t18-/m0/s1. The summed E-state index contributed by atoms with van der Waals surface area (Å²) in [6.45, 7) is 0.138. The Bertz CT molecular complexity index is 946. The van der Waals surface area contributed by atoms with E-state index in [0.29, 0.717) is 23.4 Å². The molecule has 2 aromatic carbocycles. The highest BCUT2D eigenvalue weighted by atomic mass is 16.5. The third kappa shape index (κ3) is 6.72. The monoisotopic (exact) mass is 409 g/mol. The van der Waals surface area contributed by atoms with E-state index < -0.39 is 17.9 Å². The molecule has 2 rings (SSSR count). The molecule has 0 unspecified atom stereocenters. The molecule has 30 heavy (non-hydrogen) atoms. The molecule has 0 saturated heterocycles. The summed E-state index contributed by atoms with van der Waals surface area (Å²) in [4.78, 5) is 35.1. The van der Waals surface area contributed by atoms with Gasteiger partial charge in [-0.05, 0) is 48.5 Å². The Kier molecular flexibility index (Phi) is 8.53. The van der Waals surface area contributed by atoms with Crippen LogP contribution in [-0.2, 0) is 9.59 Å². The average Bonchev–Trinajstić information content (AvgIpc) is 2.76. The predicted molar refractivity (Wildman–Crippen MR) is 111 cm³/mol. The van der Waals surface area contributed by atoms with Crippen molar-refractivity contribution >= 4 is 23.4 Å². The second-order valence-electron chi connectivity index (χ2n) is 6.23. The first-order valence-corrected chi connectivity index (χ1v) is 9.13. The zero-order valence-corrected chi connectivity index (χ0v) is 16.1. The number of hydrogen-bond acceptors (Lipinski definition) is 6. The summed E-state index contributed by atoms with van der Waals surface area (Å²) in [6, 6.07) is 12.5. The molecule has 2 aromatic rings. The molecule has 0 aliphatic carbocycles. The van der Waals surface area contributed by atoms with Crippen molar-refractivity contribution in [3.63, 3.8) is 0 Å². The van der Waals surface area contributed by atoms with Crippen molar-refractivity contribution in [3.8, 4) is 11.8 Å². The molecule has 156 valence electrons. The lowest BCUT2D eigenvalue weighted by atomic mass is 10.1. The van der Waals surface area contributed by atoms with Gasteiger partial charge in [-0.3, -0.25) is 19.6 Å². The first-order valence-electron chi connectivity index (χ1n) is 9.13. The summed E-state index contributed by atoms with van der Waals surface area (Å²) in [5.74, 6) is 4.55. The SMILES string of the molecule is NCCC(=O)Nc1ccc(C#Cc2ccc(C(=O)N[C@@H](CN)C(=O)NO)cc2)cc1. The summed E-state index contributed by atoms with van der Waals surface area (Å²) in [5, 5.41) is 13.8. The van der Waals surface area contributed by atoms with Gasteiger partial charge in [0.2, 0.25) is 5.91 Å². The van der Waals surface area contributed by atoms with Crippen LogP contribution in [0.4, 0.5) is 5.69 Å². The molecule has 1 atom stereocenters. The van der Waals surface area contributed by atoms with Crippen LogP contribution >= 0.6 is 0 Å². The van der Waals surface area contributed by atoms with E-state index in [0.717, 1.165) is 5.56 Å². The normalized spacial score (nSPS) is 10.9. The van der Waals surface area contributed by atoms with Gasteiger partial charge >= 0.3 is 0 Å². The number of carbonyl (C=O) groups is 3. The van der Waals surface area contributed by atoms with Crippen molar-refractivity contribution in [2.45, 2.75) is 12.5 Å². The lowest BCUT2D eigenvalue weighted by Gasteiger charge is -2.14. The van der Waals surface area contributed by atoms with Crippen LogP contribution in [0.25, 0.3) is 0 Å². The number of hydrogen-bond donors (Lipinski definition) is 6. The van der Waals surface area contributed by atoms with E-state index >= 15 is 0 Å². The number of nitrogens with two attached hydrogens (primary N) is 2. The number of nitrogens with one attached hydrogen (secondary N) is 3. The third-order valence-corrected chi connectivity index (χ3v) is 4.01. The van der Waals surface area contributed by atoms with E-state index in [1.54, 1.807) is 48.5 Å². The first kappa shape index (κ1) is 22.6. The van der Waals surface area contributed by atoms with Gasteiger partial charge in [0, 0.05) is 41.9 Å².